The topological polar surface area (TPSA) is 102 Å². The van der Waals surface area contributed by atoms with Crippen LogP contribution in [0.1, 0.15) is 35.7 Å². The van der Waals surface area contributed by atoms with Gasteiger partial charge in [0.25, 0.3) is 5.91 Å². The van der Waals surface area contributed by atoms with E-state index in [0.717, 1.165) is 6.07 Å². The van der Waals surface area contributed by atoms with E-state index in [-0.39, 0.29) is 12.0 Å². The molecule has 96 valence electrons. The number of nitro groups is 1. The first-order chi connectivity index (χ1) is 8.45. The average Bonchev–Trinajstić information content (AvgIpc) is 2.29. The molecule has 0 aliphatic rings. The van der Waals surface area contributed by atoms with Gasteiger partial charge in [0.1, 0.15) is 6.20 Å². The number of nitrogens with zero attached hydrogens (tertiary/aromatic N) is 2. The number of nitrogens with one attached hydrogen (secondary N) is 1. The monoisotopic (exact) mass is 251 g/mol. The number of aromatic nitrogens is 1. The first kappa shape index (κ1) is 13.8. The first-order valence-corrected chi connectivity index (χ1v) is 5.41. The molecule has 0 fully saturated rings. The molecule has 0 atom stereocenters. The summed E-state index contributed by atoms with van der Waals surface area (Å²) in [6.45, 7) is 3.41. The maximum Gasteiger partial charge on any atom is 0.364 e. The van der Waals surface area contributed by atoms with Gasteiger partial charge < -0.3 is 10.1 Å². The summed E-state index contributed by atoms with van der Waals surface area (Å²) in [4.78, 5) is 36.5. The Kier molecular flexibility index (Phi) is 4.47. The van der Waals surface area contributed by atoms with Crippen LogP contribution in [0.4, 0.5) is 5.82 Å². The summed E-state index contributed by atoms with van der Waals surface area (Å²) < 4.78 is 0. The fourth-order valence-electron chi connectivity index (χ4n) is 1.34. The Hall–Kier alpha value is -2.31. The highest BCUT2D eigenvalue weighted by Crippen LogP contribution is 2.13. The van der Waals surface area contributed by atoms with E-state index in [0.29, 0.717) is 12.0 Å². The van der Waals surface area contributed by atoms with Crippen LogP contribution in [0.3, 0.4) is 0 Å². The highest BCUT2D eigenvalue weighted by atomic mass is 16.6. The molecule has 18 heavy (non-hydrogen) atoms. The second kappa shape index (κ2) is 5.85. The van der Waals surface area contributed by atoms with Gasteiger partial charge in [-0.25, -0.2) is 0 Å². The molecule has 0 radical (unpaired) electrons. The molecule has 1 heterocycles. The molecule has 0 aliphatic carbocycles. The molecular formula is C11H13N3O4. The van der Waals surface area contributed by atoms with E-state index < -0.39 is 22.6 Å². The second-order valence-electron chi connectivity index (χ2n) is 3.74. The van der Waals surface area contributed by atoms with Crippen molar-refractivity contribution in [3.8, 4) is 0 Å². The van der Waals surface area contributed by atoms with Crippen LogP contribution in [0.25, 0.3) is 0 Å². The van der Waals surface area contributed by atoms with Crippen molar-refractivity contribution in [2.75, 3.05) is 0 Å². The number of hydrogen-bond donors (Lipinski definition) is 1. The Bertz CT molecular complexity index is 499. The van der Waals surface area contributed by atoms with Crippen LogP contribution in [0.5, 0.6) is 0 Å². The molecule has 0 unspecified atom stereocenters. The van der Waals surface area contributed by atoms with E-state index in [1.165, 1.54) is 6.20 Å². The first-order valence-electron chi connectivity index (χ1n) is 5.41. The van der Waals surface area contributed by atoms with E-state index in [2.05, 4.69) is 10.3 Å². The molecule has 7 heteroatoms. The van der Waals surface area contributed by atoms with Crippen LogP contribution in [0.2, 0.25) is 0 Å². The van der Waals surface area contributed by atoms with E-state index in [1.54, 1.807) is 6.92 Å². The van der Waals surface area contributed by atoms with Crippen LogP contribution in [-0.2, 0) is 4.79 Å². The Morgan fingerprint density at radius 2 is 2.17 bits per heavy atom. The highest BCUT2D eigenvalue weighted by molar-refractivity contribution is 6.05. The average molecular weight is 251 g/mol. The van der Waals surface area contributed by atoms with Crippen molar-refractivity contribution in [1.29, 1.82) is 0 Å². The second-order valence-corrected chi connectivity index (χ2v) is 3.74. The van der Waals surface area contributed by atoms with Gasteiger partial charge in [-0.3, -0.25) is 14.9 Å². The predicted octanol–water partition coefficient (Wildman–Crippen LogP) is 1.35. The van der Waals surface area contributed by atoms with Gasteiger partial charge >= 0.3 is 5.82 Å². The maximum absolute atomic E-state index is 11.7. The zero-order valence-corrected chi connectivity index (χ0v) is 10.1. The van der Waals surface area contributed by atoms with Crippen molar-refractivity contribution in [3.05, 3.63) is 33.5 Å². The van der Waals surface area contributed by atoms with Crippen molar-refractivity contribution in [2.45, 2.75) is 26.7 Å². The minimum absolute atomic E-state index is 0.0844. The molecule has 0 aromatic carbocycles. The number of pyridine rings is 1. The Morgan fingerprint density at radius 3 is 2.72 bits per heavy atom. The van der Waals surface area contributed by atoms with Gasteiger partial charge in [0, 0.05) is 18.1 Å². The largest absolute Gasteiger partial charge is 0.364 e. The quantitative estimate of drug-likeness (QED) is 0.642. The van der Waals surface area contributed by atoms with Gasteiger partial charge in [0.05, 0.1) is 5.56 Å². The van der Waals surface area contributed by atoms with Crippen molar-refractivity contribution < 1.29 is 14.5 Å². The van der Waals surface area contributed by atoms with Gasteiger partial charge in [-0.15, -0.1) is 0 Å². The Balaban J connectivity index is 2.94. The molecule has 1 aromatic rings. The molecule has 2 amide bonds. The zero-order valence-electron chi connectivity index (χ0n) is 10.1. The lowest BCUT2D eigenvalue weighted by molar-refractivity contribution is -0.389. The molecule has 1 aromatic heterocycles. The molecule has 0 bridgehead atoms. The third-order valence-electron chi connectivity index (χ3n) is 2.25. The number of hydrogen-bond acceptors (Lipinski definition) is 5. The smallest absolute Gasteiger partial charge is 0.358 e. The van der Waals surface area contributed by atoms with Gasteiger partial charge in [0.15, 0.2) is 0 Å². The number of rotatable bonds is 4. The zero-order chi connectivity index (χ0) is 13.7. The normalized spacial score (nSPS) is 9.89. The SMILES string of the molecule is CCCC(=O)NC(=O)c1cc([N+](=O)[O-])ncc1C. The fraction of sp³-hybridized carbons (Fsp3) is 0.364. The van der Waals surface area contributed by atoms with Gasteiger partial charge in [-0.1, -0.05) is 6.92 Å². The Morgan fingerprint density at radius 1 is 1.50 bits per heavy atom. The van der Waals surface area contributed by atoms with Gasteiger partial charge in [-0.2, -0.15) is 0 Å². The predicted molar refractivity (Wildman–Crippen MR) is 63.0 cm³/mol. The number of imide groups is 1. The van der Waals surface area contributed by atoms with Crippen molar-refractivity contribution in [1.82, 2.24) is 10.3 Å². The molecular weight excluding hydrogens is 238 g/mol. The lowest BCUT2D eigenvalue weighted by Gasteiger charge is -2.04. The van der Waals surface area contributed by atoms with Crippen molar-refractivity contribution in [3.63, 3.8) is 0 Å². The highest BCUT2D eigenvalue weighted by Gasteiger charge is 2.17. The van der Waals surface area contributed by atoms with E-state index in [1.807, 2.05) is 6.92 Å². The standard InChI is InChI=1S/C11H13N3O4/c1-3-4-10(15)13-11(16)8-5-9(14(17)18)12-6-7(8)2/h5-6H,3-4H2,1-2H3,(H,13,15,16). The summed E-state index contributed by atoms with van der Waals surface area (Å²) in [6, 6.07) is 1.06. The van der Waals surface area contributed by atoms with E-state index in [9.17, 15) is 19.7 Å². The van der Waals surface area contributed by atoms with Crippen molar-refractivity contribution >= 4 is 17.6 Å². The molecule has 0 saturated carbocycles. The summed E-state index contributed by atoms with van der Waals surface area (Å²) in [5, 5.41) is 12.7. The van der Waals surface area contributed by atoms with Crippen LogP contribution < -0.4 is 5.32 Å². The number of carbonyl (C=O) groups excluding carboxylic acids is 2. The third kappa shape index (κ3) is 3.34. The summed E-state index contributed by atoms with van der Waals surface area (Å²) in [5.41, 5.74) is 0.559. The maximum atomic E-state index is 11.7. The van der Waals surface area contributed by atoms with Gasteiger partial charge in [0.2, 0.25) is 5.91 Å². The van der Waals surface area contributed by atoms with Crippen LogP contribution in [0.15, 0.2) is 12.3 Å². The molecule has 0 saturated heterocycles. The van der Waals surface area contributed by atoms with Crippen molar-refractivity contribution in [2.24, 2.45) is 0 Å². The summed E-state index contributed by atoms with van der Waals surface area (Å²) in [6.07, 6.45) is 2.09. The summed E-state index contributed by atoms with van der Waals surface area (Å²) >= 11 is 0. The lowest BCUT2D eigenvalue weighted by atomic mass is 10.1. The van der Waals surface area contributed by atoms with E-state index >= 15 is 0 Å². The number of aryl methyl sites for hydroxylation is 1. The minimum Gasteiger partial charge on any atom is -0.358 e. The molecule has 0 spiro atoms. The number of carbonyl (C=O) groups is 2. The van der Waals surface area contributed by atoms with Crippen LogP contribution >= 0.6 is 0 Å². The minimum atomic E-state index is -0.690. The number of amides is 2. The summed E-state index contributed by atoms with van der Waals surface area (Å²) in [5.74, 6) is -1.47. The van der Waals surface area contributed by atoms with Crippen LogP contribution in [-0.4, -0.2) is 21.7 Å². The third-order valence-corrected chi connectivity index (χ3v) is 2.25. The fourth-order valence-corrected chi connectivity index (χ4v) is 1.34. The summed E-state index contributed by atoms with van der Waals surface area (Å²) in [7, 11) is 0. The Labute approximate surface area is 103 Å². The lowest BCUT2D eigenvalue weighted by Crippen LogP contribution is -2.30. The molecule has 7 nitrogen and oxygen atoms in total. The molecule has 0 aliphatic heterocycles. The van der Waals surface area contributed by atoms with Gasteiger partial charge in [-0.05, 0) is 23.3 Å². The molecule has 1 rings (SSSR count). The van der Waals surface area contributed by atoms with E-state index in [4.69, 9.17) is 0 Å². The molecule has 1 N–H and O–H groups in total. The van der Waals surface area contributed by atoms with Crippen LogP contribution in [0, 0.1) is 17.0 Å².